The van der Waals surface area contributed by atoms with Crippen LogP contribution in [0.1, 0.15) is 51.1 Å². The minimum Gasteiger partial charge on any atom is -0.296 e. The molecule has 156 valence electrons. The fraction of sp³-hybridized carbons (Fsp3) is 0.259. The zero-order chi connectivity index (χ0) is 21.2. The van der Waals surface area contributed by atoms with Gasteiger partial charge in [-0.15, -0.1) is 0 Å². The molecule has 30 heavy (non-hydrogen) atoms. The molecule has 3 rings (SSSR count). The summed E-state index contributed by atoms with van der Waals surface area (Å²) in [5.74, 6) is 0. The Bertz CT molecular complexity index is 924. The average Bonchev–Trinajstić information content (AvgIpc) is 2.82. The molecule has 1 N–H and O–H groups in total. The molecule has 1 atom stereocenters. The third kappa shape index (κ3) is 5.39. The van der Waals surface area contributed by atoms with E-state index < -0.39 is 7.29 Å². The van der Waals surface area contributed by atoms with Crippen LogP contribution in [0.25, 0.3) is 0 Å². The minimum atomic E-state index is -3.05. The van der Waals surface area contributed by atoms with Crippen molar-refractivity contribution in [2.75, 3.05) is 0 Å². The number of benzene rings is 3. The van der Waals surface area contributed by atoms with E-state index in [9.17, 15) is 4.57 Å². The maximum Gasteiger partial charge on any atom is 0.205 e. The molecule has 3 heteroatoms. The third-order valence-electron chi connectivity index (χ3n) is 5.29. The van der Waals surface area contributed by atoms with Gasteiger partial charge in [-0.3, -0.25) is 4.57 Å². The summed E-state index contributed by atoms with van der Waals surface area (Å²) in [6, 6.07) is 30.0. The van der Waals surface area contributed by atoms with Crippen LogP contribution >= 0.6 is 7.29 Å². The van der Waals surface area contributed by atoms with E-state index in [2.05, 4.69) is 49.3 Å². The molecule has 0 spiro atoms. The normalized spacial score (nSPS) is 13.2. The Morgan fingerprint density at radius 3 is 1.77 bits per heavy atom. The molecule has 2 nitrogen and oxygen atoms in total. The SMILES string of the molecule is CCC/C=C(\CCC)[C@@H](NP(=O)(c1ccccc1)c1ccccc1)c1ccccc1. The van der Waals surface area contributed by atoms with Crippen molar-refractivity contribution in [3.63, 3.8) is 0 Å². The van der Waals surface area contributed by atoms with E-state index in [1.807, 2.05) is 66.7 Å². The van der Waals surface area contributed by atoms with Crippen LogP contribution in [0.3, 0.4) is 0 Å². The van der Waals surface area contributed by atoms with Gasteiger partial charge in [0.15, 0.2) is 0 Å². The molecule has 0 aromatic heterocycles. The summed E-state index contributed by atoms with van der Waals surface area (Å²) in [6.45, 7) is 4.40. The number of allylic oxidation sites excluding steroid dienone is 1. The van der Waals surface area contributed by atoms with Gasteiger partial charge in [-0.2, -0.15) is 0 Å². The van der Waals surface area contributed by atoms with E-state index >= 15 is 0 Å². The van der Waals surface area contributed by atoms with Crippen LogP contribution in [0.2, 0.25) is 0 Å². The van der Waals surface area contributed by atoms with E-state index in [0.717, 1.165) is 41.9 Å². The Labute approximate surface area is 181 Å². The second-order valence-electron chi connectivity index (χ2n) is 7.57. The van der Waals surface area contributed by atoms with Gasteiger partial charge in [0.05, 0.1) is 6.04 Å². The fourth-order valence-corrected chi connectivity index (χ4v) is 6.21. The Kier molecular flexibility index (Phi) is 8.25. The molecule has 0 heterocycles. The molecule has 0 radical (unpaired) electrons. The van der Waals surface area contributed by atoms with Crippen molar-refractivity contribution in [2.45, 2.75) is 45.6 Å². The summed E-state index contributed by atoms with van der Waals surface area (Å²) < 4.78 is 14.6. The molecule has 0 fully saturated rings. The number of hydrogen-bond donors (Lipinski definition) is 1. The Morgan fingerprint density at radius 1 is 0.800 bits per heavy atom. The van der Waals surface area contributed by atoms with Crippen molar-refractivity contribution in [1.29, 1.82) is 0 Å². The first-order valence-corrected chi connectivity index (χ1v) is 12.6. The predicted octanol–water partition coefficient (Wildman–Crippen LogP) is 6.77. The summed E-state index contributed by atoms with van der Waals surface area (Å²) >= 11 is 0. The van der Waals surface area contributed by atoms with Gasteiger partial charge in [0.2, 0.25) is 7.29 Å². The number of unbranched alkanes of at least 4 members (excludes halogenated alkanes) is 1. The maximum atomic E-state index is 14.6. The molecule has 0 unspecified atom stereocenters. The molecular weight excluding hydrogens is 385 g/mol. The van der Waals surface area contributed by atoms with Crippen molar-refractivity contribution in [1.82, 2.24) is 5.09 Å². The van der Waals surface area contributed by atoms with Gasteiger partial charge < -0.3 is 0 Å². The Balaban J connectivity index is 2.13. The van der Waals surface area contributed by atoms with Crippen LogP contribution in [0.15, 0.2) is 103 Å². The second kappa shape index (κ2) is 11.1. The van der Waals surface area contributed by atoms with E-state index in [1.54, 1.807) is 0 Å². The lowest BCUT2D eigenvalue weighted by atomic mass is 9.95. The lowest BCUT2D eigenvalue weighted by Crippen LogP contribution is -2.31. The van der Waals surface area contributed by atoms with Gasteiger partial charge in [0, 0.05) is 10.6 Å². The molecule has 3 aromatic rings. The monoisotopic (exact) mass is 417 g/mol. The fourth-order valence-electron chi connectivity index (χ4n) is 3.76. The summed E-state index contributed by atoms with van der Waals surface area (Å²) in [5, 5.41) is 5.33. The highest BCUT2D eigenvalue weighted by Gasteiger charge is 2.31. The van der Waals surface area contributed by atoms with Crippen LogP contribution < -0.4 is 15.7 Å². The highest BCUT2D eigenvalue weighted by Crippen LogP contribution is 2.44. The first-order chi connectivity index (χ1) is 14.7. The number of rotatable bonds is 10. The number of nitrogens with one attached hydrogen (secondary N) is 1. The quantitative estimate of drug-likeness (QED) is 0.291. The first kappa shape index (κ1) is 22.3. The van der Waals surface area contributed by atoms with Crippen molar-refractivity contribution < 1.29 is 4.57 Å². The zero-order valence-electron chi connectivity index (χ0n) is 18.0. The maximum absolute atomic E-state index is 14.6. The standard InChI is InChI=1S/C27H32NOP/c1-3-5-16-23(15-4-2)27(24-17-9-6-10-18-24)28-30(29,25-19-11-7-12-20-25)26-21-13-8-14-22-26/h6-14,16-22,27H,3-5,15H2,1-2H3,(H,28,29)/b23-16+/t27-/m1/s1. The van der Waals surface area contributed by atoms with Crippen molar-refractivity contribution >= 4 is 17.9 Å². The average molecular weight is 418 g/mol. The summed E-state index contributed by atoms with van der Waals surface area (Å²) in [7, 11) is -3.05. The summed E-state index contributed by atoms with van der Waals surface area (Å²) in [4.78, 5) is 0. The first-order valence-electron chi connectivity index (χ1n) is 10.9. The zero-order valence-corrected chi connectivity index (χ0v) is 18.9. The molecule has 0 amide bonds. The predicted molar refractivity (Wildman–Crippen MR) is 130 cm³/mol. The molecular formula is C27H32NOP. The van der Waals surface area contributed by atoms with E-state index in [1.165, 1.54) is 5.57 Å². The van der Waals surface area contributed by atoms with Crippen LogP contribution in [0.4, 0.5) is 0 Å². The molecule has 0 saturated carbocycles. The molecule has 0 aliphatic heterocycles. The molecule has 0 aliphatic rings. The smallest absolute Gasteiger partial charge is 0.205 e. The molecule has 0 bridgehead atoms. The lowest BCUT2D eigenvalue weighted by molar-refractivity contribution is 0.568. The van der Waals surface area contributed by atoms with E-state index in [0.29, 0.717) is 0 Å². The molecule has 0 saturated heterocycles. The van der Waals surface area contributed by atoms with Crippen LogP contribution in [-0.2, 0) is 4.57 Å². The van der Waals surface area contributed by atoms with Gasteiger partial charge >= 0.3 is 0 Å². The van der Waals surface area contributed by atoms with E-state index in [-0.39, 0.29) is 6.04 Å². The largest absolute Gasteiger partial charge is 0.296 e. The van der Waals surface area contributed by atoms with E-state index in [4.69, 9.17) is 0 Å². The summed E-state index contributed by atoms with van der Waals surface area (Å²) in [5.41, 5.74) is 2.47. The van der Waals surface area contributed by atoms with Gasteiger partial charge in [0.25, 0.3) is 0 Å². The Morgan fingerprint density at radius 2 is 1.30 bits per heavy atom. The highest BCUT2D eigenvalue weighted by atomic mass is 31.2. The van der Waals surface area contributed by atoms with Gasteiger partial charge in [0.1, 0.15) is 0 Å². The van der Waals surface area contributed by atoms with Crippen molar-refractivity contribution in [3.8, 4) is 0 Å². The minimum absolute atomic E-state index is 0.0936. The van der Waals surface area contributed by atoms with Crippen LogP contribution in [0.5, 0.6) is 0 Å². The van der Waals surface area contributed by atoms with Crippen LogP contribution in [0, 0.1) is 0 Å². The third-order valence-corrected chi connectivity index (χ3v) is 7.96. The van der Waals surface area contributed by atoms with Gasteiger partial charge in [-0.25, -0.2) is 5.09 Å². The number of hydrogen-bond acceptors (Lipinski definition) is 1. The second-order valence-corrected chi connectivity index (χ2v) is 10.1. The molecule has 0 aliphatic carbocycles. The summed E-state index contributed by atoms with van der Waals surface area (Å²) in [6.07, 6.45) is 6.51. The van der Waals surface area contributed by atoms with Crippen molar-refractivity contribution in [3.05, 3.63) is 108 Å². The highest BCUT2D eigenvalue weighted by molar-refractivity contribution is 7.76. The lowest BCUT2D eigenvalue weighted by Gasteiger charge is -2.29. The van der Waals surface area contributed by atoms with Gasteiger partial charge in [-0.1, -0.05) is 105 Å². The van der Waals surface area contributed by atoms with Crippen LogP contribution in [-0.4, -0.2) is 0 Å². The molecule has 3 aromatic carbocycles. The Hall–Kier alpha value is -2.41. The topological polar surface area (TPSA) is 29.1 Å². The van der Waals surface area contributed by atoms with Gasteiger partial charge in [-0.05, 0) is 42.7 Å². The van der Waals surface area contributed by atoms with Crippen molar-refractivity contribution in [2.24, 2.45) is 0 Å².